The number of sulfonamides is 1. The van der Waals surface area contributed by atoms with Crippen molar-refractivity contribution in [2.24, 2.45) is 5.73 Å². The Morgan fingerprint density at radius 3 is 2.56 bits per heavy atom. The summed E-state index contributed by atoms with van der Waals surface area (Å²) in [5.41, 5.74) is 5.69. The van der Waals surface area contributed by atoms with E-state index in [2.05, 4.69) is 0 Å². The van der Waals surface area contributed by atoms with Crippen LogP contribution in [0.25, 0.3) is 0 Å². The molecule has 0 aliphatic carbocycles. The Balaban J connectivity index is 1.90. The molecule has 0 bridgehead atoms. The molecule has 0 spiro atoms. The molecule has 1 heterocycles. The molecule has 1 aliphatic rings. The van der Waals surface area contributed by atoms with Gasteiger partial charge in [-0.05, 0) is 36.4 Å². The summed E-state index contributed by atoms with van der Waals surface area (Å²) in [4.78, 5) is 11.7. The predicted molar refractivity (Wildman–Crippen MR) is 98.4 cm³/mol. The number of fused-ring (bicyclic) bond motifs is 1. The molecule has 2 aromatic carbocycles. The maximum Gasteiger partial charge on any atom is 0.264 e. The molecule has 1 amide bonds. The van der Waals surface area contributed by atoms with Gasteiger partial charge < -0.3 is 19.9 Å². The summed E-state index contributed by atoms with van der Waals surface area (Å²) >= 11 is 0. The van der Waals surface area contributed by atoms with Gasteiger partial charge in [-0.2, -0.15) is 0 Å². The minimum atomic E-state index is -3.92. The first kappa shape index (κ1) is 19.0. The Morgan fingerprint density at radius 1 is 1.19 bits per heavy atom. The number of hydrogen-bond acceptors (Lipinski definition) is 6. The Hall–Kier alpha value is -2.78. The molecule has 2 aromatic rings. The molecule has 0 saturated heterocycles. The number of methoxy groups -OCH3 is 1. The first-order chi connectivity index (χ1) is 12.9. The van der Waals surface area contributed by atoms with Gasteiger partial charge in [0.05, 0.1) is 23.7 Å². The number of anilines is 1. The lowest BCUT2D eigenvalue weighted by Gasteiger charge is -2.34. The topological polar surface area (TPSA) is 108 Å². The fourth-order valence-corrected chi connectivity index (χ4v) is 4.13. The fraction of sp³-hybridized carbons (Fsp3) is 0.278. The first-order valence-corrected chi connectivity index (χ1v) is 9.67. The SMILES string of the molecule is COCCOc1ccc(S(=O)(=O)N2CC(C(N)=O)Oc3ccccc32)cc1. The van der Waals surface area contributed by atoms with E-state index in [4.69, 9.17) is 19.9 Å². The van der Waals surface area contributed by atoms with E-state index >= 15 is 0 Å². The van der Waals surface area contributed by atoms with E-state index in [0.29, 0.717) is 24.7 Å². The normalized spacial score (nSPS) is 16.3. The van der Waals surface area contributed by atoms with Gasteiger partial charge in [0.25, 0.3) is 15.9 Å². The van der Waals surface area contributed by atoms with Gasteiger partial charge in [-0.3, -0.25) is 9.10 Å². The largest absolute Gasteiger partial charge is 0.491 e. The van der Waals surface area contributed by atoms with Crippen LogP contribution in [0.1, 0.15) is 0 Å². The van der Waals surface area contributed by atoms with Crippen molar-refractivity contribution in [1.29, 1.82) is 0 Å². The number of carbonyl (C=O) groups excluding carboxylic acids is 1. The summed E-state index contributed by atoms with van der Waals surface area (Å²) in [5.74, 6) is 0.0885. The highest BCUT2D eigenvalue weighted by molar-refractivity contribution is 7.92. The molecular formula is C18H20N2O6S. The molecule has 1 atom stereocenters. The van der Waals surface area contributed by atoms with Crippen LogP contribution in [0, 0.1) is 0 Å². The number of primary amides is 1. The van der Waals surface area contributed by atoms with Gasteiger partial charge in [0.15, 0.2) is 6.10 Å². The van der Waals surface area contributed by atoms with E-state index < -0.39 is 22.0 Å². The summed E-state index contributed by atoms with van der Waals surface area (Å²) in [7, 11) is -2.35. The summed E-state index contributed by atoms with van der Waals surface area (Å²) in [5, 5.41) is 0. The van der Waals surface area contributed by atoms with E-state index in [-0.39, 0.29) is 17.2 Å². The van der Waals surface area contributed by atoms with Crippen molar-refractivity contribution < 1.29 is 27.4 Å². The van der Waals surface area contributed by atoms with Crippen molar-refractivity contribution in [3.05, 3.63) is 48.5 Å². The van der Waals surface area contributed by atoms with Crippen LogP contribution < -0.4 is 19.5 Å². The molecule has 1 unspecified atom stereocenters. The van der Waals surface area contributed by atoms with Crippen LogP contribution in [0.4, 0.5) is 5.69 Å². The average Bonchev–Trinajstić information content (AvgIpc) is 2.67. The summed E-state index contributed by atoms with van der Waals surface area (Å²) in [6, 6.07) is 12.7. The van der Waals surface area contributed by atoms with Gasteiger partial charge >= 0.3 is 0 Å². The molecule has 0 aromatic heterocycles. The van der Waals surface area contributed by atoms with Crippen molar-refractivity contribution >= 4 is 21.6 Å². The molecule has 8 nitrogen and oxygen atoms in total. The van der Waals surface area contributed by atoms with Crippen LogP contribution >= 0.6 is 0 Å². The number of ether oxygens (including phenoxy) is 3. The summed E-state index contributed by atoms with van der Waals surface area (Å²) in [6.45, 7) is 0.597. The fourth-order valence-electron chi connectivity index (χ4n) is 2.66. The van der Waals surface area contributed by atoms with Gasteiger partial charge in [0, 0.05) is 7.11 Å². The Morgan fingerprint density at radius 2 is 1.89 bits per heavy atom. The van der Waals surface area contributed by atoms with Crippen LogP contribution in [0.15, 0.2) is 53.4 Å². The number of amides is 1. The molecule has 2 N–H and O–H groups in total. The Kier molecular flexibility index (Phi) is 5.52. The zero-order chi connectivity index (χ0) is 19.4. The number of benzene rings is 2. The number of rotatable bonds is 7. The third-order valence-electron chi connectivity index (χ3n) is 4.02. The van der Waals surface area contributed by atoms with Crippen molar-refractivity contribution in [2.45, 2.75) is 11.0 Å². The lowest BCUT2D eigenvalue weighted by atomic mass is 10.2. The summed E-state index contributed by atoms with van der Waals surface area (Å²) < 4.78 is 43.3. The summed E-state index contributed by atoms with van der Waals surface area (Å²) in [6.07, 6.45) is -1.06. The lowest BCUT2D eigenvalue weighted by Crippen LogP contribution is -2.49. The maximum atomic E-state index is 13.1. The number of carbonyl (C=O) groups is 1. The molecule has 3 rings (SSSR count). The minimum absolute atomic E-state index is 0.0708. The highest BCUT2D eigenvalue weighted by Gasteiger charge is 2.36. The third kappa shape index (κ3) is 3.99. The minimum Gasteiger partial charge on any atom is -0.491 e. The number of nitrogens with zero attached hydrogens (tertiary/aromatic N) is 1. The van der Waals surface area contributed by atoms with Gasteiger partial charge in [0.1, 0.15) is 18.1 Å². The smallest absolute Gasteiger partial charge is 0.264 e. The van der Waals surface area contributed by atoms with Crippen LogP contribution in [0.2, 0.25) is 0 Å². The molecule has 144 valence electrons. The molecule has 0 saturated carbocycles. The van der Waals surface area contributed by atoms with E-state index in [1.807, 2.05) is 0 Å². The number of hydrogen-bond donors (Lipinski definition) is 1. The molecule has 1 aliphatic heterocycles. The van der Waals surface area contributed by atoms with Crippen LogP contribution in [0.3, 0.4) is 0 Å². The third-order valence-corrected chi connectivity index (χ3v) is 5.81. The van der Waals surface area contributed by atoms with E-state index in [1.54, 1.807) is 43.5 Å². The lowest BCUT2D eigenvalue weighted by molar-refractivity contribution is -0.124. The molecule has 0 fully saturated rings. The Labute approximate surface area is 157 Å². The number of para-hydroxylation sites is 2. The van der Waals surface area contributed by atoms with Crippen molar-refractivity contribution in [1.82, 2.24) is 0 Å². The number of nitrogens with two attached hydrogens (primary N) is 1. The second-order valence-corrected chi connectivity index (χ2v) is 7.69. The van der Waals surface area contributed by atoms with Crippen molar-refractivity contribution in [2.75, 3.05) is 31.2 Å². The van der Waals surface area contributed by atoms with Crippen molar-refractivity contribution in [3.8, 4) is 11.5 Å². The second kappa shape index (κ2) is 7.85. The molecular weight excluding hydrogens is 372 g/mol. The van der Waals surface area contributed by atoms with Crippen molar-refractivity contribution in [3.63, 3.8) is 0 Å². The standard InChI is InChI=1S/C18H20N2O6S/c1-24-10-11-25-13-6-8-14(9-7-13)27(22,23)20-12-17(18(19)21)26-16-5-3-2-4-15(16)20/h2-9,17H,10-12H2,1H3,(H2,19,21). The van der Waals surface area contributed by atoms with E-state index in [1.165, 1.54) is 12.1 Å². The quantitative estimate of drug-likeness (QED) is 0.708. The van der Waals surface area contributed by atoms with E-state index in [9.17, 15) is 13.2 Å². The van der Waals surface area contributed by atoms with Gasteiger partial charge in [0.2, 0.25) is 0 Å². The van der Waals surface area contributed by atoms with Gasteiger partial charge in [-0.1, -0.05) is 12.1 Å². The Bertz CT molecular complexity index is 914. The van der Waals surface area contributed by atoms with Crippen LogP contribution in [0.5, 0.6) is 11.5 Å². The first-order valence-electron chi connectivity index (χ1n) is 8.23. The molecule has 27 heavy (non-hydrogen) atoms. The van der Waals surface area contributed by atoms with Crippen LogP contribution in [-0.2, 0) is 19.6 Å². The highest BCUT2D eigenvalue weighted by atomic mass is 32.2. The zero-order valence-corrected chi connectivity index (χ0v) is 15.5. The maximum absolute atomic E-state index is 13.1. The monoisotopic (exact) mass is 392 g/mol. The predicted octanol–water partition coefficient (Wildman–Crippen LogP) is 1.15. The highest BCUT2D eigenvalue weighted by Crippen LogP contribution is 2.36. The molecule has 9 heteroatoms. The zero-order valence-electron chi connectivity index (χ0n) is 14.7. The average molecular weight is 392 g/mol. The van der Waals surface area contributed by atoms with Crippen LogP contribution in [-0.4, -0.2) is 47.3 Å². The van der Waals surface area contributed by atoms with Gasteiger partial charge in [-0.15, -0.1) is 0 Å². The second-order valence-electron chi connectivity index (χ2n) is 5.83. The van der Waals surface area contributed by atoms with E-state index in [0.717, 1.165) is 4.31 Å². The van der Waals surface area contributed by atoms with Gasteiger partial charge in [-0.25, -0.2) is 8.42 Å². The molecule has 0 radical (unpaired) electrons.